The van der Waals surface area contributed by atoms with E-state index >= 15 is 0 Å². The van der Waals surface area contributed by atoms with Crippen molar-refractivity contribution in [3.8, 4) is 0 Å². The average Bonchev–Trinajstić information content (AvgIpc) is 2.29. The van der Waals surface area contributed by atoms with Gasteiger partial charge in [-0.15, -0.1) is 0 Å². The Hall–Kier alpha value is -1.77. The molecule has 0 fully saturated rings. The Labute approximate surface area is 99.5 Å². The third-order valence-corrected chi connectivity index (χ3v) is 1.86. The lowest BCUT2D eigenvalue weighted by Gasteiger charge is -1.96. The third kappa shape index (κ3) is 4.17. The number of ether oxygens (including phenoxy) is 1. The highest BCUT2D eigenvalue weighted by molar-refractivity contribution is 7.78. The molecule has 16 heavy (non-hydrogen) atoms. The second-order valence-electron chi connectivity index (χ2n) is 2.88. The fourth-order valence-electron chi connectivity index (χ4n) is 1.07. The zero-order valence-electron chi connectivity index (χ0n) is 8.84. The smallest absolute Gasteiger partial charge is 0.330 e. The zero-order valence-corrected chi connectivity index (χ0v) is 9.66. The van der Waals surface area contributed by atoms with Crippen molar-refractivity contribution in [1.29, 1.82) is 0 Å². The van der Waals surface area contributed by atoms with Crippen molar-refractivity contribution in [2.24, 2.45) is 4.99 Å². The van der Waals surface area contributed by atoms with Crippen molar-refractivity contribution in [2.75, 3.05) is 6.61 Å². The van der Waals surface area contributed by atoms with Crippen molar-refractivity contribution in [3.63, 3.8) is 0 Å². The Morgan fingerprint density at radius 2 is 2.19 bits per heavy atom. The van der Waals surface area contributed by atoms with Gasteiger partial charge in [-0.2, -0.15) is 4.99 Å². The van der Waals surface area contributed by atoms with Gasteiger partial charge in [-0.05, 0) is 42.9 Å². The van der Waals surface area contributed by atoms with Crippen LogP contribution in [0.4, 0.5) is 5.69 Å². The number of benzene rings is 1. The molecule has 0 aliphatic heterocycles. The Balaban J connectivity index is 2.68. The van der Waals surface area contributed by atoms with Crippen molar-refractivity contribution in [2.45, 2.75) is 6.92 Å². The first-order valence-corrected chi connectivity index (χ1v) is 5.20. The van der Waals surface area contributed by atoms with Gasteiger partial charge < -0.3 is 4.74 Å². The van der Waals surface area contributed by atoms with Crippen LogP contribution in [0.5, 0.6) is 0 Å². The quantitative estimate of drug-likeness (QED) is 0.347. The van der Waals surface area contributed by atoms with Crippen LogP contribution in [-0.2, 0) is 9.53 Å². The first-order chi connectivity index (χ1) is 7.76. The van der Waals surface area contributed by atoms with Gasteiger partial charge in [0.1, 0.15) is 0 Å². The van der Waals surface area contributed by atoms with Crippen LogP contribution >= 0.6 is 12.2 Å². The van der Waals surface area contributed by atoms with E-state index in [9.17, 15) is 4.79 Å². The number of rotatable bonds is 4. The van der Waals surface area contributed by atoms with Gasteiger partial charge in [-0.3, -0.25) is 0 Å². The number of esters is 1. The van der Waals surface area contributed by atoms with Gasteiger partial charge in [0, 0.05) is 6.08 Å². The maximum absolute atomic E-state index is 11.0. The van der Waals surface area contributed by atoms with Crippen LogP contribution in [-0.4, -0.2) is 17.7 Å². The lowest BCUT2D eigenvalue weighted by Crippen LogP contribution is -1.98. The minimum atomic E-state index is -0.344. The van der Waals surface area contributed by atoms with Crippen LogP contribution in [0.2, 0.25) is 0 Å². The number of aliphatic imine (C=N–C) groups is 1. The summed E-state index contributed by atoms with van der Waals surface area (Å²) < 4.78 is 4.76. The van der Waals surface area contributed by atoms with Gasteiger partial charge >= 0.3 is 5.97 Å². The van der Waals surface area contributed by atoms with Gasteiger partial charge in [0.2, 0.25) is 0 Å². The van der Waals surface area contributed by atoms with E-state index in [0.717, 1.165) is 11.3 Å². The highest BCUT2D eigenvalue weighted by atomic mass is 32.1. The van der Waals surface area contributed by atoms with E-state index in [4.69, 9.17) is 4.74 Å². The number of thiocarbonyl (C=S) groups is 1. The lowest BCUT2D eigenvalue weighted by atomic mass is 10.2. The van der Waals surface area contributed by atoms with Gasteiger partial charge in [0.15, 0.2) is 0 Å². The summed E-state index contributed by atoms with van der Waals surface area (Å²) in [5, 5.41) is 2.29. The van der Waals surface area contributed by atoms with Crippen molar-refractivity contribution in [1.82, 2.24) is 0 Å². The fraction of sp³-hybridized carbons (Fsp3) is 0.167. The molecule has 0 N–H and O–H groups in total. The summed E-state index contributed by atoms with van der Waals surface area (Å²) in [6.45, 7) is 2.15. The highest BCUT2D eigenvalue weighted by Gasteiger charge is 1.94. The normalized spacial score (nSPS) is 9.81. The Morgan fingerprint density at radius 3 is 2.75 bits per heavy atom. The molecule has 3 nitrogen and oxygen atoms in total. The van der Waals surface area contributed by atoms with Crippen LogP contribution in [0.15, 0.2) is 35.3 Å². The maximum Gasteiger partial charge on any atom is 0.330 e. The van der Waals surface area contributed by atoms with Crippen LogP contribution in [0.3, 0.4) is 0 Å². The van der Waals surface area contributed by atoms with E-state index in [0.29, 0.717) is 6.61 Å². The number of carbonyl (C=O) groups is 1. The molecule has 0 heterocycles. The van der Waals surface area contributed by atoms with E-state index in [-0.39, 0.29) is 5.97 Å². The molecule has 0 radical (unpaired) electrons. The first-order valence-electron chi connectivity index (χ1n) is 4.79. The van der Waals surface area contributed by atoms with E-state index in [1.807, 2.05) is 12.1 Å². The van der Waals surface area contributed by atoms with Crippen LogP contribution in [0, 0.1) is 0 Å². The number of hydrogen-bond donors (Lipinski definition) is 0. The number of nitrogens with zero attached hydrogens (tertiary/aromatic N) is 1. The molecule has 0 unspecified atom stereocenters. The topological polar surface area (TPSA) is 38.7 Å². The van der Waals surface area contributed by atoms with Gasteiger partial charge in [-0.1, -0.05) is 12.1 Å². The summed E-state index contributed by atoms with van der Waals surface area (Å²) in [4.78, 5) is 14.9. The summed E-state index contributed by atoms with van der Waals surface area (Å²) in [6.07, 6.45) is 3.07. The number of carbonyl (C=O) groups excluding carboxylic acids is 1. The van der Waals surface area contributed by atoms with Gasteiger partial charge in [-0.25, -0.2) is 4.79 Å². The SMILES string of the molecule is CCOC(=O)/C=C/c1ccc(N=C=S)cc1. The molecule has 0 aliphatic carbocycles. The molecule has 1 rings (SSSR count). The summed E-state index contributed by atoms with van der Waals surface area (Å²) in [6, 6.07) is 7.26. The van der Waals surface area contributed by atoms with Crippen LogP contribution in [0.1, 0.15) is 12.5 Å². The molecule has 0 spiro atoms. The average molecular weight is 233 g/mol. The molecule has 0 saturated heterocycles. The largest absolute Gasteiger partial charge is 0.463 e. The van der Waals surface area contributed by atoms with Crippen LogP contribution < -0.4 is 0 Å². The number of isothiocyanates is 1. The summed E-state index contributed by atoms with van der Waals surface area (Å²) in [5.41, 5.74) is 1.64. The molecule has 0 saturated carbocycles. The molecule has 4 heteroatoms. The standard InChI is InChI=1S/C12H11NO2S/c1-2-15-12(14)8-5-10-3-6-11(7-4-10)13-9-16/h3-8H,2H2,1H3/b8-5+. The van der Waals surface area contributed by atoms with Crippen molar-refractivity contribution >= 4 is 35.1 Å². The predicted molar refractivity (Wildman–Crippen MR) is 66.8 cm³/mol. The molecular weight excluding hydrogens is 222 g/mol. The van der Waals surface area contributed by atoms with Gasteiger partial charge in [0.05, 0.1) is 17.5 Å². The Morgan fingerprint density at radius 1 is 1.50 bits per heavy atom. The molecule has 82 valence electrons. The molecule has 0 aromatic heterocycles. The van der Waals surface area contributed by atoms with E-state index in [1.165, 1.54) is 6.08 Å². The molecule has 1 aromatic carbocycles. The Bertz CT molecular complexity index is 431. The molecule has 0 bridgehead atoms. The first kappa shape index (κ1) is 12.3. The molecule has 1 aromatic rings. The molecule has 0 amide bonds. The summed E-state index contributed by atoms with van der Waals surface area (Å²) in [5.74, 6) is -0.344. The maximum atomic E-state index is 11.0. The van der Waals surface area contributed by atoms with E-state index in [1.54, 1.807) is 25.1 Å². The summed E-state index contributed by atoms with van der Waals surface area (Å²) >= 11 is 4.49. The fourth-order valence-corrected chi connectivity index (χ4v) is 1.17. The summed E-state index contributed by atoms with van der Waals surface area (Å²) in [7, 11) is 0. The van der Waals surface area contributed by atoms with Gasteiger partial charge in [0.25, 0.3) is 0 Å². The van der Waals surface area contributed by atoms with Crippen molar-refractivity contribution in [3.05, 3.63) is 35.9 Å². The Kier molecular flexibility index (Phi) is 5.12. The second kappa shape index (κ2) is 6.67. The van der Waals surface area contributed by atoms with E-state index < -0.39 is 0 Å². The lowest BCUT2D eigenvalue weighted by molar-refractivity contribution is -0.137. The highest BCUT2D eigenvalue weighted by Crippen LogP contribution is 2.13. The minimum Gasteiger partial charge on any atom is -0.463 e. The minimum absolute atomic E-state index is 0.344. The number of hydrogen-bond acceptors (Lipinski definition) is 4. The van der Waals surface area contributed by atoms with Crippen LogP contribution in [0.25, 0.3) is 6.08 Å². The molecule has 0 aliphatic rings. The second-order valence-corrected chi connectivity index (χ2v) is 3.06. The predicted octanol–water partition coefficient (Wildman–Crippen LogP) is 3.00. The van der Waals surface area contributed by atoms with E-state index in [2.05, 4.69) is 22.4 Å². The molecular formula is C12H11NO2S. The zero-order chi connectivity index (χ0) is 11.8. The molecule has 0 atom stereocenters. The third-order valence-electron chi connectivity index (χ3n) is 1.77. The monoisotopic (exact) mass is 233 g/mol. The van der Waals surface area contributed by atoms with Crippen molar-refractivity contribution < 1.29 is 9.53 Å².